The molecule has 2 N–H and O–H groups in total. The number of alkyl halides is 3. The number of aryl methyl sites for hydroxylation is 1. The molecule has 202 valence electrons. The third kappa shape index (κ3) is 6.58. The Hall–Kier alpha value is -4.00. The molecule has 0 spiro atoms. The minimum absolute atomic E-state index is 0.102. The molecule has 1 aromatic heterocycles. The summed E-state index contributed by atoms with van der Waals surface area (Å²) in [4.78, 5) is 1.24. The SMILES string of the molecule is CCCc1ccc2cc(-c3ccc(C#CC4CC=C(c5cc(N)c(C#CC(F)(F)F)c(F)c5)CC4)cc3)sc2c1. The van der Waals surface area contributed by atoms with Crippen molar-refractivity contribution in [2.24, 2.45) is 5.92 Å². The third-order valence-electron chi connectivity index (χ3n) is 6.94. The van der Waals surface area contributed by atoms with E-state index in [1.54, 1.807) is 5.92 Å². The number of thiophene rings is 1. The van der Waals surface area contributed by atoms with E-state index in [2.05, 4.69) is 55.2 Å². The molecule has 1 heterocycles. The molecule has 4 aromatic rings. The van der Waals surface area contributed by atoms with Crippen molar-refractivity contribution in [3.05, 3.63) is 94.8 Å². The first-order valence-electron chi connectivity index (χ1n) is 13.2. The van der Waals surface area contributed by atoms with Crippen molar-refractivity contribution in [1.82, 2.24) is 0 Å². The van der Waals surface area contributed by atoms with Gasteiger partial charge in [0, 0.05) is 27.0 Å². The van der Waals surface area contributed by atoms with Gasteiger partial charge in [-0.15, -0.1) is 11.3 Å². The first-order chi connectivity index (χ1) is 19.2. The summed E-state index contributed by atoms with van der Waals surface area (Å²) in [6, 6.07) is 20.0. The quantitative estimate of drug-likeness (QED) is 0.151. The second-order valence-electron chi connectivity index (χ2n) is 9.95. The molecule has 0 bridgehead atoms. The van der Waals surface area contributed by atoms with Gasteiger partial charge >= 0.3 is 6.18 Å². The molecular formula is C34H27F4NS. The fourth-order valence-electron chi connectivity index (χ4n) is 4.87. The molecule has 0 fully saturated rings. The number of fused-ring (bicyclic) bond motifs is 1. The lowest BCUT2D eigenvalue weighted by Crippen LogP contribution is -2.05. The van der Waals surface area contributed by atoms with E-state index in [9.17, 15) is 17.6 Å². The molecule has 1 nitrogen and oxygen atoms in total. The lowest BCUT2D eigenvalue weighted by atomic mass is 9.86. The number of hydrogen-bond acceptors (Lipinski definition) is 2. The molecule has 1 aliphatic carbocycles. The maximum absolute atomic E-state index is 14.5. The second-order valence-corrected chi connectivity index (χ2v) is 11.0. The zero-order valence-corrected chi connectivity index (χ0v) is 22.8. The zero-order chi connectivity index (χ0) is 28.3. The lowest BCUT2D eigenvalue weighted by Gasteiger charge is -2.18. The highest BCUT2D eigenvalue weighted by Crippen LogP contribution is 2.35. The maximum atomic E-state index is 14.5. The molecule has 1 unspecified atom stereocenters. The van der Waals surface area contributed by atoms with Gasteiger partial charge in [-0.2, -0.15) is 13.2 Å². The van der Waals surface area contributed by atoms with E-state index in [1.165, 1.54) is 38.2 Å². The number of benzene rings is 3. The van der Waals surface area contributed by atoms with Crippen LogP contribution in [0, 0.1) is 35.4 Å². The van der Waals surface area contributed by atoms with Crippen LogP contribution in [0.1, 0.15) is 54.9 Å². The fraction of sp³-hybridized carbons (Fsp3) is 0.235. The summed E-state index contributed by atoms with van der Waals surface area (Å²) < 4.78 is 52.9. The number of nitrogens with two attached hydrogens (primary N) is 1. The average Bonchev–Trinajstić information content (AvgIpc) is 3.35. The first-order valence-corrected chi connectivity index (χ1v) is 14.0. The second kappa shape index (κ2) is 11.6. The van der Waals surface area contributed by atoms with Gasteiger partial charge in [0.05, 0.1) is 11.3 Å². The molecule has 1 atom stereocenters. The van der Waals surface area contributed by atoms with Crippen LogP contribution in [0.25, 0.3) is 26.1 Å². The van der Waals surface area contributed by atoms with Crippen LogP contribution in [0.2, 0.25) is 0 Å². The molecule has 0 aliphatic heterocycles. The van der Waals surface area contributed by atoms with Crippen molar-refractivity contribution in [1.29, 1.82) is 0 Å². The Morgan fingerprint density at radius 1 is 0.975 bits per heavy atom. The fourth-order valence-corrected chi connectivity index (χ4v) is 6.00. The van der Waals surface area contributed by atoms with Crippen LogP contribution in [0.4, 0.5) is 23.2 Å². The van der Waals surface area contributed by atoms with Crippen molar-refractivity contribution >= 4 is 32.7 Å². The third-order valence-corrected chi connectivity index (χ3v) is 8.09. The van der Waals surface area contributed by atoms with Crippen molar-refractivity contribution < 1.29 is 17.6 Å². The van der Waals surface area contributed by atoms with Crippen molar-refractivity contribution in [2.75, 3.05) is 5.73 Å². The van der Waals surface area contributed by atoms with Crippen LogP contribution >= 0.6 is 11.3 Å². The molecule has 0 amide bonds. The molecule has 1 aliphatic rings. The van der Waals surface area contributed by atoms with Gasteiger partial charge in [-0.25, -0.2) is 4.39 Å². The highest BCUT2D eigenvalue weighted by molar-refractivity contribution is 7.22. The molecule has 40 heavy (non-hydrogen) atoms. The van der Waals surface area contributed by atoms with Crippen molar-refractivity contribution in [3.63, 3.8) is 0 Å². The summed E-state index contributed by atoms with van der Waals surface area (Å²) in [5.41, 5.74) is 10.3. The van der Waals surface area contributed by atoms with Crippen LogP contribution < -0.4 is 5.73 Å². The Kier molecular flexibility index (Phi) is 8.01. The zero-order valence-electron chi connectivity index (χ0n) is 22.0. The van der Waals surface area contributed by atoms with Crippen molar-refractivity contribution in [3.8, 4) is 34.1 Å². The van der Waals surface area contributed by atoms with Gasteiger partial charge in [0.1, 0.15) is 5.82 Å². The van der Waals surface area contributed by atoms with E-state index in [-0.39, 0.29) is 11.6 Å². The van der Waals surface area contributed by atoms with E-state index in [0.717, 1.165) is 36.3 Å². The van der Waals surface area contributed by atoms with E-state index in [4.69, 9.17) is 5.73 Å². The Bertz CT molecular complexity index is 1680. The lowest BCUT2D eigenvalue weighted by molar-refractivity contribution is -0.0696. The van der Waals surface area contributed by atoms with Crippen LogP contribution in [0.3, 0.4) is 0 Å². The standard InChI is InChI=1S/C34H27F4NS/c1-2-3-24-10-15-27-21-33(40-32(27)18-24)26-13-8-23(9-14-26)5-4-22-6-11-25(12-7-22)28-19-30(35)29(31(39)20-28)16-17-34(36,37)38/h8-11,13-15,18-22H,2-3,6-7,12,39H2,1H3. The highest BCUT2D eigenvalue weighted by Gasteiger charge is 2.23. The predicted octanol–water partition coefficient (Wildman–Crippen LogP) is 9.39. The van der Waals surface area contributed by atoms with Crippen molar-refractivity contribution in [2.45, 2.75) is 45.2 Å². The summed E-state index contributed by atoms with van der Waals surface area (Å²) in [5, 5.41) is 1.27. The van der Waals surface area contributed by atoms with Crippen LogP contribution in [0.5, 0.6) is 0 Å². The van der Waals surface area contributed by atoms with Gasteiger partial charge in [-0.3, -0.25) is 0 Å². The minimum Gasteiger partial charge on any atom is -0.398 e. The smallest absolute Gasteiger partial charge is 0.398 e. The number of allylic oxidation sites excluding steroid dienone is 2. The van der Waals surface area contributed by atoms with Gasteiger partial charge in [0.15, 0.2) is 0 Å². The number of anilines is 1. The van der Waals surface area contributed by atoms with E-state index in [1.807, 2.05) is 29.5 Å². The monoisotopic (exact) mass is 557 g/mol. The van der Waals surface area contributed by atoms with Gasteiger partial charge in [-0.1, -0.05) is 61.4 Å². The van der Waals surface area contributed by atoms with Crippen LogP contribution in [0.15, 0.2) is 66.7 Å². The molecule has 6 heteroatoms. The minimum atomic E-state index is -4.71. The van der Waals surface area contributed by atoms with Gasteiger partial charge in [0.25, 0.3) is 0 Å². The van der Waals surface area contributed by atoms with Gasteiger partial charge < -0.3 is 5.73 Å². The molecular weight excluding hydrogens is 530 g/mol. The summed E-state index contributed by atoms with van der Waals surface area (Å²) in [7, 11) is 0. The average molecular weight is 558 g/mol. The van der Waals surface area contributed by atoms with Crippen LogP contribution in [-0.2, 0) is 6.42 Å². The molecule has 0 saturated heterocycles. The van der Waals surface area contributed by atoms with Gasteiger partial charge in [-0.05, 0) is 89.7 Å². The number of nitrogen functional groups attached to an aromatic ring is 1. The van der Waals surface area contributed by atoms with Gasteiger partial charge in [0.2, 0.25) is 0 Å². The van der Waals surface area contributed by atoms with E-state index < -0.39 is 17.6 Å². The molecule has 5 rings (SSSR count). The topological polar surface area (TPSA) is 26.0 Å². The number of halogens is 4. The summed E-state index contributed by atoms with van der Waals surface area (Å²) in [6.45, 7) is 2.20. The molecule has 3 aromatic carbocycles. The highest BCUT2D eigenvalue weighted by atomic mass is 32.1. The largest absolute Gasteiger partial charge is 0.458 e. The van der Waals surface area contributed by atoms with E-state index in [0.29, 0.717) is 18.4 Å². The molecule has 0 saturated carbocycles. The normalized spacial score (nSPS) is 15.1. The summed E-state index contributed by atoms with van der Waals surface area (Å²) >= 11 is 1.81. The Balaban J connectivity index is 1.24. The Morgan fingerprint density at radius 3 is 2.45 bits per heavy atom. The maximum Gasteiger partial charge on any atom is 0.458 e. The number of rotatable bonds is 4. The predicted molar refractivity (Wildman–Crippen MR) is 157 cm³/mol. The number of hydrogen-bond donors (Lipinski definition) is 1. The first kappa shape index (κ1) is 27.6. The molecule has 0 radical (unpaired) electrons. The Labute approximate surface area is 235 Å². The Morgan fingerprint density at radius 2 is 1.77 bits per heavy atom. The van der Waals surface area contributed by atoms with Crippen LogP contribution in [-0.4, -0.2) is 6.18 Å². The summed E-state index contributed by atoms with van der Waals surface area (Å²) in [6.07, 6.45) is 1.72. The summed E-state index contributed by atoms with van der Waals surface area (Å²) in [5.74, 6) is 8.84. The van der Waals surface area contributed by atoms with E-state index >= 15 is 0 Å².